The van der Waals surface area contributed by atoms with E-state index in [0.717, 1.165) is 5.56 Å². The second-order valence-electron chi connectivity index (χ2n) is 5.45. The largest absolute Gasteiger partial charge is 0.279 e. The van der Waals surface area contributed by atoms with E-state index in [1.54, 1.807) is 48.5 Å². The average Bonchev–Trinajstić information content (AvgIpc) is 2.56. The number of hydrogen-bond acceptors (Lipinski definition) is 3. The van der Waals surface area contributed by atoms with Crippen molar-refractivity contribution in [2.45, 2.75) is 11.8 Å². The minimum atomic E-state index is -3.70. The number of aryl methyl sites for hydroxylation is 1. The van der Waals surface area contributed by atoms with E-state index in [0.29, 0.717) is 26.4 Å². The minimum Gasteiger partial charge on any atom is -0.279 e. The van der Waals surface area contributed by atoms with Gasteiger partial charge >= 0.3 is 0 Å². The smallest absolute Gasteiger partial charge is 0.261 e. The number of nitrogens with one attached hydrogen (secondary N) is 1. The molecule has 0 unspecified atom stereocenters. The summed E-state index contributed by atoms with van der Waals surface area (Å²) in [4.78, 5) is 4.51. The van der Waals surface area contributed by atoms with Gasteiger partial charge in [-0.1, -0.05) is 47.5 Å². The SMILES string of the molecule is Cc1ccc(S(=O)(=O)Nc2ccccc2-c2ncc(Cl)cc2Br)cc1. The van der Waals surface area contributed by atoms with Gasteiger partial charge in [-0.15, -0.1) is 0 Å². The van der Waals surface area contributed by atoms with Crippen molar-refractivity contribution >= 4 is 43.2 Å². The third-order valence-electron chi connectivity index (χ3n) is 3.57. The van der Waals surface area contributed by atoms with Gasteiger partial charge in [0.15, 0.2) is 0 Å². The van der Waals surface area contributed by atoms with Gasteiger partial charge in [0.2, 0.25) is 0 Å². The van der Waals surface area contributed by atoms with E-state index in [2.05, 4.69) is 25.6 Å². The van der Waals surface area contributed by atoms with Crippen LogP contribution in [0.5, 0.6) is 0 Å². The van der Waals surface area contributed by atoms with Gasteiger partial charge in [0.25, 0.3) is 10.0 Å². The molecule has 0 fully saturated rings. The molecule has 1 aromatic heterocycles. The molecule has 4 nitrogen and oxygen atoms in total. The predicted molar refractivity (Wildman–Crippen MR) is 104 cm³/mol. The van der Waals surface area contributed by atoms with Gasteiger partial charge in [-0.2, -0.15) is 0 Å². The lowest BCUT2D eigenvalue weighted by molar-refractivity contribution is 0.601. The minimum absolute atomic E-state index is 0.205. The molecule has 3 aromatic rings. The van der Waals surface area contributed by atoms with Gasteiger partial charge in [-0.3, -0.25) is 9.71 Å². The Morgan fingerprint density at radius 3 is 2.44 bits per heavy atom. The molecule has 128 valence electrons. The highest BCUT2D eigenvalue weighted by atomic mass is 79.9. The lowest BCUT2D eigenvalue weighted by Gasteiger charge is -2.13. The summed E-state index contributed by atoms with van der Waals surface area (Å²) in [6.45, 7) is 1.91. The molecule has 25 heavy (non-hydrogen) atoms. The number of sulfonamides is 1. The Hall–Kier alpha value is -1.89. The van der Waals surface area contributed by atoms with Gasteiger partial charge in [-0.05, 0) is 47.1 Å². The highest BCUT2D eigenvalue weighted by Crippen LogP contribution is 2.34. The Kier molecular flexibility index (Phi) is 5.13. The van der Waals surface area contributed by atoms with Gasteiger partial charge in [0.05, 0.1) is 21.3 Å². The average molecular weight is 438 g/mol. The van der Waals surface area contributed by atoms with Crippen LogP contribution in [0.4, 0.5) is 5.69 Å². The summed E-state index contributed by atoms with van der Waals surface area (Å²) in [6.07, 6.45) is 1.52. The molecule has 0 amide bonds. The number of nitrogens with zero attached hydrogens (tertiary/aromatic N) is 1. The molecular formula is C18H14BrClN2O2S. The summed E-state index contributed by atoms with van der Waals surface area (Å²) in [7, 11) is -3.70. The topological polar surface area (TPSA) is 59.1 Å². The van der Waals surface area contributed by atoms with Gasteiger partial charge in [0.1, 0.15) is 0 Å². The van der Waals surface area contributed by atoms with Crippen molar-refractivity contribution in [3.05, 3.63) is 75.9 Å². The first kappa shape index (κ1) is 17.9. The first-order valence-corrected chi connectivity index (χ1v) is 10.0. The van der Waals surface area contributed by atoms with Crippen molar-refractivity contribution in [1.29, 1.82) is 0 Å². The van der Waals surface area contributed by atoms with Crippen LogP contribution in [0.3, 0.4) is 0 Å². The van der Waals surface area contributed by atoms with Crippen molar-refractivity contribution < 1.29 is 8.42 Å². The lowest BCUT2D eigenvalue weighted by atomic mass is 10.1. The Bertz CT molecular complexity index is 1020. The van der Waals surface area contributed by atoms with Crippen molar-refractivity contribution in [2.75, 3.05) is 4.72 Å². The Morgan fingerprint density at radius 1 is 1.08 bits per heavy atom. The third-order valence-corrected chi connectivity index (χ3v) is 5.76. The molecule has 1 heterocycles. The van der Waals surface area contributed by atoms with Crippen LogP contribution in [0, 0.1) is 6.92 Å². The lowest BCUT2D eigenvalue weighted by Crippen LogP contribution is -2.13. The molecule has 0 spiro atoms. The molecule has 0 radical (unpaired) electrons. The predicted octanol–water partition coefficient (Wildman–Crippen LogP) is 5.27. The Labute approximate surface area is 160 Å². The fraction of sp³-hybridized carbons (Fsp3) is 0.0556. The summed E-state index contributed by atoms with van der Waals surface area (Å²) >= 11 is 9.37. The van der Waals surface area contributed by atoms with E-state index in [1.807, 2.05) is 13.0 Å². The van der Waals surface area contributed by atoms with Crippen LogP contribution in [0.15, 0.2) is 70.2 Å². The van der Waals surface area contributed by atoms with Crippen LogP contribution in [-0.2, 0) is 10.0 Å². The summed E-state index contributed by atoms with van der Waals surface area (Å²) in [5.41, 5.74) is 2.69. The molecule has 0 saturated heterocycles. The molecule has 2 aromatic carbocycles. The highest BCUT2D eigenvalue weighted by Gasteiger charge is 2.17. The van der Waals surface area contributed by atoms with E-state index in [-0.39, 0.29) is 4.90 Å². The van der Waals surface area contributed by atoms with E-state index in [1.165, 1.54) is 6.20 Å². The molecule has 0 aliphatic heterocycles. The highest BCUT2D eigenvalue weighted by molar-refractivity contribution is 9.10. The third kappa shape index (κ3) is 4.03. The molecule has 7 heteroatoms. The number of pyridine rings is 1. The first-order valence-electron chi connectivity index (χ1n) is 7.37. The maximum absolute atomic E-state index is 12.7. The van der Waals surface area contributed by atoms with Crippen LogP contribution in [0.2, 0.25) is 5.02 Å². The zero-order chi connectivity index (χ0) is 18.0. The van der Waals surface area contributed by atoms with Crippen molar-refractivity contribution in [3.8, 4) is 11.3 Å². The van der Waals surface area contributed by atoms with Crippen LogP contribution in [-0.4, -0.2) is 13.4 Å². The van der Waals surface area contributed by atoms with Gasteiger partial charge in [0, 0.05) is 16.2 Å². The van der Waals surface area contributed by atoms with Gasteiger partial charge < -0.3 is 0 Å². The fourth-order valence-corrected chi connectivity index (χ4v) is 4.24. The normalized spacial score (nSPS) is 11.3. The van der Waals surface area contributed by atoms with E-state index in [9.17, 15) is 8.42 Å². The molecule has 0 aliphatic rings. The second-order valence-corrected chi connectivity index (χ2v) is 8.42. The molecule has 0 bridgehead atoms. The number of para-hydroxylation sites is 1. The quantitative estimate of drug-likeness (QED) is 0.604. The fourth-order valence-electron chi connectivity index (χ4n) is 2.31. The number of hydrogen-bond donors (Lipinski definition) is 1. The van der Waals surface area contributed by atoms with Crippen LogP contribution < -0.4 is 4.72 Å². The number of halogens is 2. The van der Waals surface area contributed by atoms with Crippen molar-refractivity contribution in [1.82, 2.24) is 4.98 Å². The molecular weight excluding hydrogens is 424 g/mol. The molecule has 3 rings (SSSR count). The summed E-state index contributed by atoms with van der Waals surface area (Å²) in [5, 5.41) is 0.494. The van der Waals surface area contributed by atoms with E-state index >= 15 is 0 Å². The zero-order valence-corrected chi connectivity index (χ0v) is 16.4. The first-order chi connectivity index (χ1) is 11.9. The summed E-state index contributed by atoms with van der Waals surface area (Å²) in [6, 6.07) is 15.5. The molecule has 1 N–H and O–H groups in total. The van der Waals surface area contributed by atoms with Crippen LogP contribution in [0.1, 0.15) is 5.56 Å². The molecule has 0 saturated carbocycles. The van der Waals surface area contributed by atoms with Gasteiger partial charge in [-0.25, -0.2) is 8.42 Å². The maximum atomic E-state index is 12.7. The zero-order valence-electron chi connectivity index (χ0n) is 13.2. The maximum Gasteiger partial charge on any atom is 0.261 e. The van der Waals surface area contributed by atoms with Crippen molar-refractivity contribution in [3.63, 3.8) is 0 Å². The van der Waals surface area contributed by atoms with Crippen molar-refractivity contribution in [2.24, 2.45) is 0 Å². The summed E-state index contributed by atoms with van der Waals surface area (Å²) in [5.74, 6) is 0. The second kappa shape index (κ2) is 7.15. The molecule has 0 atom stereocenters. The number of anilines is 1. The Balaban J connectivity index is 2.03. The monoisotopic (exact) mass is 436 g/mol. The standard InChI is InChI=1S/C18H14BrClN2O2S/c1-12-6-8-14(9-7-12)25(23,24)22-17-5-3-2-4-15(17)18-16(19)10-13(20)11-21-18/h2-11,22H,1H3. The molecule has 0 aliphatic carbocycles. The number of rotatable bonds is 4. The van der Waals surface area contributed by atoms with Crippen LogP contribution >= 0.6 is 27.5 Å². The van der Waals surface area contributed by atoms with E-state index < -0.39 is 10.0 Å². The van der Waals surface area contributed by atoms with Crippen LogP contribution in [0.25, 0.3) is 11.3 Å². The number of aromatic nitrogens is 1. The number of benzene rings is 2. The summed E-state index contributed by atoms with van der Waals surface area (Å²) < 4.78 is 28.7. The Morgan fingerprint density at radius 2 is 1.76 bits per heavy atom. The van der Waals surface area contributed by atoms with E-state index in [4.69, 9.17) is 11.6 Å².